The summed E-state index contributed by atoms with van der Waals surface area (Å²) in [5.41, 5.74) is 2.39. The molecule has 80 valence electrons. The number of carbonyl (C=O) groups excluding carboxylic acids is 1. The Bertz CT molecular complexity index is 503. The second-order valence-corrected chi connectivity index (χ2v) is 4.18. The number of amides is 1. The monoisotopic (exact) mass is 213 g/mol. The van der Waals surface area contributed by atoms with Crippen molar-refractivity contribution in [2.45, 2.75) is 18.9 Å². The van der Waals surface area contributed by atoms with Crippen LogP contribution in [-0.4, -0.2) is 18.5 Å². The topological polar surface area (TPSA) is 56.1 Å². The fourth-order valence-electron chi connectivity index (χ4n) is 2.50. The summed E-state index contributed by atoms with van der Waals surface area (Å²) in [6.45, 7) is 0.928. The Hall–Kier alpha value is -2.02. The summed E-state index contributed by atoms with van der Waals surface area (Å²) in [6.07, 6.45) is 1.98. The molecule has 3 rings (SSSR count). The Morgan fingerprint density at radius 2 is 2.38 bits per heavy atom. The van der Waals surface area contributed by atoms with Gasteiger partial charge in [-0.2, -0.15) is 5.26 Å². The number of carbonyl (C=O) groups is 1. The lowest BCUT2D eigenvalue weighted by molar-refractivity contribution is -0.117. The molecule has 16 heavy (non-hydrogen) atoms. The van der Waals surface area contributed by atoms with Crippen molar-refractivity contribution in [3.8, 4) is 6.07 Å². The zero-order valence-corrected chi connectivity index (χ0v) is 8.73. The van der Waals surface area contributed by atoms with E-state index in [-0.39, 0.29) is 11.9 Å². The van der Waals surface area contributed by atoms with Crippen LogP contribution >= 0.6 is 0 Å². The number of hydrogen-bond donors (Lipinski definition) is 1. The van der Waals surface area contributed by atoms with E-state index >= 15 is 0 Å². The van der Waals surface area contributed by atoms with Gasteiger partial charge in [-0.1, -0.05) is 0 Å². The zero-order chi connectivity index (χ0) is 11.1. The van der Waals surface area contributed by atoms with Gasteiger partial charge in [-0.15, -0.1) is 0 Å². The lowest BCUT2D eigenvalue weighted by Crippen LogP contribution is -2.43. The minimum absolute atomic E-state index is 0.0135. The molecule has 0 spiro atoms. The van der Waals surface area contributed by atoms with Gasteiger partial charge in [-0.3, -0.25) is 4.79 Å². The number of nitrogens with zero attached hydrogens (tertiary/aromatic N) is 2. The highest BCUT2D eigenvalue weighted by molar-refractivity contribution is 6.04. The molecule has 0 saturated carbocycles. The van der Waals surface area contributed by atoms with Gasteiger partial charge in [-0.25, -0.2) is 0 Å². The van der Waals surface area contributed by atoms with Crippen molar-refractivity contribution in [1.82, 2.24) is 0 Å². The van der Waals surface area contributed by atoms with Gasteiger partial charge in [0, 0.05) is 6.54 Å². The summed E-state index contributed by atoms with van der Waals surface area (Å²) in [5.74, 6) is 0.0556. The summed E-state index contributed by atoms with van der Waals surface area (Å²) >= 11 is 0. The molecule has 1 aromatic carbocycles. The summed E-state index contributed by atoms with van der Waals surface area (Å²) in [5, 5.41) is 11.7. The highest BCUT2D eigenvalue weighted by Gasteiger charge is 2.36. The number of hydrogen-bond acceptors (Lipinski definition) is 3. The van der Waals surface area contributed by atoms with Crippen LogP contribution in [0.4, 0.5) is 11.4 Å². The van der Waals surface area contributed by atoms with E-state index in [0.717, 1.165) is 30.8 Å². The van der Waals surface area contributed by atoms with E-state index in [1.807, 2.05) is 6.07 Å². The average Bonchev–Trinajstić information content (AvgIpc) is 2.78. The lowest BCUT2D eigenvalue weighted by atomic mass is 10.1. The molecule has 0 aromatic heterocycles. The molecule has 1 N–H and O–H groups in total. The van der Waals surface area contributed by atoms with Gasteiger partial charge >= 0.3 is 0 Å². The zero-order valence-electron chi connectivity index (χ0n) is 8.73. The maximum absolute atomic E-state index is 11.8. The number of nitriles is 1. The molecule has 0 aliphatic carbocycles. The van der Waals surface area contributed by atoms with E-state index in [2.05, 4.69) is 16.3 Å². The third-order valence-electron chi connectivity index (χ3n) is 3.25. The van der Waals surface area contributed by atoms with Gasteiger partial charge in [-0.05, 0) is 31.0 Å². The van der Waals surface area contributed by atoms with E-state index < -0.39 is 0 Å². The number of benzene rings is 1. The van der Waals surface area contributed by atoms with Gasteiger partial charge in [0.25, 0.3) is 0 Å². The van der Waals surface area contributed by atoms with Gasteiger partial charge in [0.05, 0.1) is 23.0 Å². The van der Waals surface area contributed by atoms with Crippen LogP contribution in [0.1, 0.15) is 18.4 Å². The largest absolute Gasteiger partial charge is 0.358 e. The van der Waals surface area contributed by atoms with Crippen LogP contribution in [0.15, 0.2) is 18.2 Å². The highest BCUT2D eigenvalue weighted by Crippen LogP contribution is 2.36. The number of nitrogens with one attached hydrogen (secondary N) is 1. The van der Waals surface area contributed by atoms with Crippen LogP contribution in [0, 0.1) is 11.3 Å². The normalized spacial score (nSPS) is 22.1. The number of fused-ring (bicyclic) bond motifs is 3. The molecular weight excluding hydrogens is 202 g/mol. The van der Waals surface area contributed by atoms with Gasteiger partial charge < -0.3 is 10.2 Å². The average molecular weight is 213 g/mol. The standard InChI is InChI=1S/C12H11N3O/c13-7-8-3-4-10-9(6-8)14-12(16)11-2-1-5-15(10)11/h3-4,6,11H,1-2,5H2,(H,14,16)/t11-/m0/s1. The van der Waals surface area contributed by atoms with Gasteiger partial charge in [0.2, 0.25) is 5.91 Å². The number of anilines is 2. The summed E-state index contributed by atoms with van der Waals surface area (Å²) in [7, 11) is 0. The third-order valence-corrected chi connectivity index (χ3v) is 3.25. The van der Waals surface area contributed by atoms with Crippen LogP contribution < -0.4 is 10.2 Å². The molecule has 4 heteroatoms. The first-order valence-corrected chi connectivity index (χ1v) is 5.41. The lowest BCUT2D eigenvalue weighted by Gasteiger charge is -2.32. The van der Waals surface area contributed by atoms with E-state index in [4.69, 9.17) is 5.26 Å². The molecule has 0 bridgehead atoms. The number of rotatable bonds is 0. The minimum Gasteiger partial charge on any atom is -0.358 e. The van der Waals surface area contributed by atoms with Crippen molar-refractivity contribution in [3.05, 3.63) is 23.8 Å². The Labute approximate surface area is 93.5 Å². The van der Waals surface area contributed by atoms with E-state index in [0.29, 0.717) is 5.56 Å². The first-order chi connectivity index (χ1) is 7.79. The summed E-state index contributed by atoms with van der Waals surface area (Å²) in [6, 6.07) is 7.53. The highest BCUT2D eigenvalue weighted by atomic mass is 16.2. The molecule has 1 amide bonds. The molecule has 0 unspecified atom stereocenters. The molecule has 4 nitrogen and oxygen atoms in total. The Morgan fingerprint density at radius 3 is 3.19 bits per heavy atom. The van der Waals surface area contributed by atoms with Gasteiger partial charge in [0.15, 0.2) is 0 Å². The molecule has 2 heterocycles. The minimum atomic E-state index is -0.0135. The molecule has 1 atom stereocenters. The second-order valence-electron chi connectivity index (χ2n) is 4.18. The third kappa shape index (κ3) is 1.18. The quantitative estimate of drug-likeness (QED) is 0.710. The summed E-state index contributed by atoms with van der Waals surface area (Å²) in [4.78, 5) is 13.9. The molecular formula is C12H11N3O. The predicted octanol–water partition coefficient (Wildman–Crippen LogP) is 1.48. The van der Waals surface area contributed by atoms with Crippen LogP contribution in [0.25, 0.3) is 0 Å². The predicted molar refractivity (Wildman–Crippen MR) is 60.2 cm³/mol. The fraction of sp³-hybridized carbons (Fsp3) is 0.333. The van der Waals surface area contributed by atoms with Crippen molar-refractivity contribution in [2.24, 2.45) is 0 Å². The first kappa shape index (κ1) is 9.22. The fourth-order valence-corrected chi connectivity index (χ4v) is 2.50. The van der Waals surface area contributed by atoms with Crippen molar-refractivity contribution in [3.63, 3.8) is 0 Å². The van der Waals surface area contributed by atoms with E-state index in [9.17, 15) is 4.79 Å². The maximum Gasteiger partial charge on any atom is 0.247 e. The van der Waals surface area contributed by atoms with Gasteiger partial charge in [0.1, 0.15) is 6.04 Å². The molecule has 1 fully saturated rings. The smallest absolute Gasteiger partial charge is 0.247 e. The Morgan fingerprint density at radius 1 is 1.50 bits per heavy atom. The van der Waals surface area contributed by atoms with E-state index in [1.165, 1.54) is 0 Å². The van der Waals surface area contributed by atoms with Crippen LogP contribution in [0.3, 0.4) is 0 Å². The first-order valence-electron chi connectivity index (χ1n) is 5.41. The molecule has 2 aliphatic rings. The van der Waals surface area contributed by atoms with Crippen molar-refractivity contribution in [1.29, 1.82) is 5.26 Å². The molecule has 0 radical (unpaired) electrons. The van der Waals surface area contributed by atoms with Crippen molar-refractivity contribution in [2.75, 3.05) is 16.8 Å². The summed E-state index contributed by atoms with van der Waals surface area (Å²) < 4.78 is 0. The second kappa shape index (κ2) is 3.24. The Kier molecular flexibility index (Phi) is 1.87. The van der Waals surface area contributed by atoms with Crippen molar-refractivity contribution >= 4 is 17.3 Å². The maximum atomic E-state index is 11.8. The van der Waals surface area contributed by atoms with Crippen molar-refractivity contribution < 1.29 is 4.79 Å². The van der Waals surface area contributed by atoms with Crippen LogP contribution in [-0.2, 0) is 4.79 Å². The van der Waals surface area contributed by atoms with Crippen LogP contribution in [0.2, 0.25) is 0 Å². The van der Waals surface area contributed by atoms with E-state index in [1.54, 1.807) is 12.1 Å². The molecule has 1 saturated heterocycles. The molecule has 2 aliphatic heterocycles. The Balaban J connectivity index is 2.10. The SMILES string of the molecule is N#Cc1ccc2c(c1)NC(=O)[C@@H]1CCCN21. The molecule has 1 aromatic rings. The van der Waals surface area contributed by atoms with Crippen LogP contribution in [0.5, 0.6) is 0 Å².